The van der Waals surface area contributed by atoms with E-state index in [1.165, 1.54) is 0 Å². The zero-order chi connectivity index (χ0) is 8.27. The quantitative estimate of drug-likeness (QED) is 0.481. The van der Waals surface area contributed by atoms with E-state index in [0.717, 1.165) is 0 Å². The third kappa shape index (κ3) is 1.95. The van der Waals surface area contributed by atoms with E-state index in [9.17, 15) is 4.79 Å². The topological polar surface area (TPSA) is 40.5 Å². The molecule has 0 aromatic heterocycles. The molecule has 0 aromatic rings. The number of amides is 1. The molecule has 1 amide bonds. The van der Waals surface area contributed by atoms with Gasteiger partial charge in [-0.05, 0) is 19.3 Å². The Balaban J connectivity index is 2.47. The average Bonchev–Trinajstić information content (AvgIpc) is 2.36. The molecule has 0 aliphatic carbocycles. The van der Waals surface area contributed by atoms with E-state index in [1.54, 1.807) is 11.8 Å². The molecule has 0 aromatic carbocycles. The second kappa shape index (κ2) is 3.40. The van der Waals surface area contributed by atoms with Gasteiger partial charge in [0.15, 0.2) is 0 Å². The summed E-state index contributed by atoms with van der Waals surface area (Å²) in [6.45, 7) is 2.70. The van der Waals surface area contributed by atoms with Crippen molar-refractivity contribution in [2.75, 3.05) is 13.1 Å². The fraction of sp³-hybridized carbons (Fsp3) is 0.625. The third-order valence-corrected chi connectivity index (χ3v) is 1.68. The highest BCUT2D eigenvalue weighted by molar-refractivity contribution is 5.93. The Kier molecular flexibility index (Phi) is 2.50. The van der Waals surface area contributed by atoms with Crippen LogP contribution in [0.3, 0.4) is 0 Å². The van der Waals surface area contributed by atoms with Crippen LogP contribution in [0.2, 0.25) is 0 Å². The van der Waals surface area contributed by atoms with Crippen molar-refractivity contribution in [3.8, 4) is 11.8 Å². The maximum Gasteiger partial charge on any atom is 0.298 e. The Hall–Kier alpha value is -1.01. The molecule has 0 spiro atoms. The van der Waals surface area contributed by atoms with E-state index in [4.69, 9.17) is 5.11 Å². The average molecular weight is 153 g/mol. The molecule has 1 fully saturated rings. The highest BCUT2D eigenvalue weighted by Crippen LogP contribution is 2.07. The monoisotopic (exact) mass is 153 g/mol. The molecule has 60 valence electrons. The van der Waals surface area contributed by atoms with Gasteiger partial charge in [-0.15, -0.1) is 0 Å². The lowest BCUT2D eigenvalue weighted by atomic mass is 10.3. The van der Waals surface area contributed by atoms with Gasteiger partial charge in [0.1, 0.15) is 0 Å². The predicted molar refractivity (Wildman–Crippen MR) is 40.7 cm³/mol. The summed E-state index contributed by atoms with van der Waals surface area (Å²) in [5.74, 6) is 4.79. The van der Waals surface area contributed by atoms with E-state index in [0.29, 0.717) is 19.5 Å². The van der Waals surface area contributed by atoms with Gasteiger partial charge < -0.3 is 10.0 Å². The largest absolute Gasteiger partial charge is 0.391 e. The molecule has 0 saturated carbocycles. The van der Waals surface area contributed by atoms with Gasteiger partial charge in [0.25, 0.3) is 5.91 Å². The molecular weight excluding hydrogens is 142 g/mol. The van der Waals surface area contributed by atoms with Gasteiger partial charge in [-0.2, -0.15) is 0 Å². The van der Waals surface area contributed by atoms with Crippen LogP contribution in [0.5, 0.6) is 0 Å². The number of carbonyl (C=O) groups excluding carboxylic acids is 1. The number of hydrogen-bond acceptors (Lipinski definition) is 2. The van der Waals surface area contributed by atoms with Gasteiger partial charge in [-0.3, -0.25) is 4.79 Å². The van der Waals surface area contributed by atoms with Crippen molar-refractivity contribution in [2.24, 2.45) is 0 Å². The molecule has 1 aliphatic rings. The molecule has 1 saturated heterocycles. The predicted octanol–water partition coefficient (Wildman–Crippen LogP) is -0.397. The zero-order valence-corrected chi connectivity index (χ0v) is 6.50. The van der Waals surface area contributed by atoms with Gasteiger partial charge >= 0.3 is 0 Å². The first-order valence-electron chi connectivity index (χ1n) is 3.63. The molecule has 0 unspecified atom stereocenters. The van der Waals surface area contributed by atoms with Crippen molar-refractivity contribution < 1.29 is 9.90 Å². The molecule has 3 nitrogen and oxygen atoms in total. The highest BCUT2D eigenvalue weighted by Gasteiger charge is 2.22. The van der Waals surface area contributed by atoms with Crippen LogP contribution in [0.15, 0.2) is 0 Å². The van der Waals surface area contributed by atoms with Crippen LogP contribution in [0.1, 0.15) is 13.3 Å². The summed E-state index contributed by atoms with van der Waals surface area (Å²) in [6.07, 6.45) is 0.328. The maximum absolute atomic E-state index is 11.0. The van der Waals surface area contributed by atoms with Crippen LogP contribution >= 0.6 is 0 Å². The van der Waals surface area contributed by atoms with Crippen molar-refractivity contribution in [2.45, 2.75) is 19.4 Å². The van der Waals surface area contributed by atoms with Gasteiger partial charge in [0, 0.05) is 13.1 Å². The third-order valence-electron chi connectivity index (χ3n) is 1.68. The number of aliphatic hydroxyl groups excluding tert-OH is 1. The number of β-amino-alcohol motifs (C(OH)–C–C–N with tert-alkyl or cyclic N) is 1. The smallest absolute Gasteiger partial charge is 0.298 e. The standard InChI is InChI=1S/C8H11NO2/c1-2-3-8(11)9-5-4-7(10)6-9/h7,10H,4-6H2,1H3/t7-/m0/s1. The van der Waals surface area contributed by atoms with Gasteiger partial charge in [-0.25, -0.2) is 0 Å². The number of aliphatic hydroxyl groups is 1. The van der Waals surface area contributed by atoms with Crippen molar-refractivity contribution in [1.29, 1.82) is 0 Å². The fourth-order valence-electron chi connectivity index (χ4n) is 1.11. The minimum absolute atomic E-state index is 0.177. The number of rotatable bonds is 0. The Morgan fingerprint density at radius 2 is 2.45 bits per heavy atom. The minimum atomic E-state index is -0.349. The Morgan fingerprint density at radius 3 is 2.91 bits per heavy atom. The number of hydrogen-bond donors (Lipinski definition) is 1. The van der Waals surface area contributed by atoms with Crippen molar-refractivity contribution in [3.05, 3.63) is 0 Å². The summed E-state index contributed by atoms with van der Waals surface area (Å²) in [5.41, 5.74) is 0. The molecular formula is C8H11NO2. The first-order valence-corrected chi connectivity index (χ1v) is 3.63. The van der Waals surface area contributed by atoms with E-state index >= 15 is 0 Å². The van der Waals surface area contributed by atoms with Crippen LogP contribution in [-0.2, 0) is 4.79 Å². The first-order chi connectivity index (χ1) is 5.24. The number of carbonyl (C=O) groups is 1. The van der Waals surface area contributed by atoms with Gasteiger partial charge in [0.2, 0.25) is 0 Å². The molecule has 3 heteroatoms. The summed E-state index contributed by atoms with van der Waals surface area (Å²) in [4.78, 5) is 12.6. The Morgan fingerprint density at radius 1 is 1.73 bits per heavy atom. The Bertz CT molecular complexity index is 214. The maximum atomic E-state index is 11.0. The molecule has 11 heavy (non-hydrogen) atoms. The highest BCUT2D eigenvalue weighted by atomic mass is 16.3. The first kappa shape index (κ1) is 8.09. The van der Waals surface area contributed by atoms with E-state index in [1.807, 2.05) is 0 Å². The molecule has 1 aliphatic heterocycles. The molecule has 0 radical (unpaired) electrons. The van der Waals surface area contributed by atoms with Gasteiger partial charge in [-0.1, -0.05) is 5.92 Å². The summed E-state index contributed by atoms with van der Waals surface area (Å²) < 4.78 is 0. The van der Waals surface area contributed by atoms with Crippen LogP contribution < -0.4 is 0 Å². The normalized spacial score (nSPS) is 22.7. The second-order valence-electron chi connectivity index (χ2n) is 2.57. The Labute approximate surface area is 66.0 Å². The van der Waals surface area contributed by atoms with Crippen LogP contribution in [0.4, 0.5) is 0 Å². The van der Waals surface area contributed by atoms with E-state index < -0.39 is 0 Å². The number of likely N-dealkylation sites (tertiary alicyclic amines) is 1. The molecule has 1 N–H and O–H groups in total. The SMILES string of the molecule is CC#CC(=O)N1CC[C@H](O)C1. The van der Waals surface area contributed by atoms with Crippen LogP contribution in [0, 0.1) is 11.8 Å². The molecule has 0 bridgehead atoms. The van der Waals surface area contributed by atoms with E-state index in [2.05, 4.69) is 11.8 Å². The number of nitrogens with zero attached hydrogens (tertiary/aromatic N) is 1. The molecule has 1 atom stereocenters. The summed E-state index contributed by atoms with van der Waals surface area (Å²) in [5, 5.41) is 9.07. The zero-order valence-electron chi connectivity index (χ0n) is 6.50. The molecule has 1 rings (SSSR count). The van der Waals surface area contributed by atoms with Crippen molar-refractivity contribution in [1.82, 2.24) is 4.90 Å². The van der Waals surface area contributed by atoms with Crippen LogP contribution in [-0.4, -0.2) is 35.1 Å². The lowest BCUT2D eigenvalue weighted by Gasteiger charge is -2.10. The lowest BCUT2D eigenvalue weighted by molar-refractivity contribution is -0.124. The minimum Gasteiger partial charge on any atom is -0.391 e. The van der Waals surface area contributed by atoms with Crippen molar-refractivity contribution >= 4 is 5.91 Å². The van der Waals surface area contributed by atoms with Crippen LogP contribution in [0.25, 0.3) is 0 Å². The summed E-state index contributed by atoms with van der Waals surface area (Å²) in [6, 6.07) is 0. The van der Waals surface area contributed by atoms with Crippen molar-refractivity contribution in [3.63, 3.8) is 0 Å². The summed E-state index contributed by atoms with van der Waals surface area (Å²) >= 11 is 0. The lowest BCUT2D eigenvalue weighted by Crippen LogP contribution is -2.28. The summed E-state index contributed by atoms with van der Waals surface area (Å²) in [7, 11) is 0. The van der Waals surface area contributed by atoms with Gasteiger partial charge in [0.05, 0.1) is 6.10 Å². The molecule has 1 heterocycles. The van der Waals surface area contributed by atoms with E-state index in [-0.39, 0.29) is 12.0 Å². The fourth-order valence-corrected chi connectivity index (χ4v) is 1.11. The second-order valence-corrected chi connectivity index (χ2v) is 2.57.